The molecule has 0 aromatic rings. The molecule has 70 heavy (non-hydrogen) atoms. The van der Waals surface area contributed by atoms with E-state index in [0.717, 1.165) is 135 Å². The normalized spacial score (nSPS) is 12.9. The van der Waals surface area contributed by atoms with E-state index < -0.39 is 6.10 Å². The number of carbonyl (C=O) groups excluding carboxylic acids is 3. The molecule has 0 aromatic heterocycles. The Labute approximate surface area is 431 Å². The lowest BCUT2D eigenvalue weighted by Crippen LogP contribution is -2.30. The molecule has 0 bridgehead atoms. The molecule has 0 saturated heterocycles. The van der Waals surface area contributed by atoms with E-state index >= 15 is 0 Å². The van der Waals surface area contributed by atoms with Crippen molar-refractivity contribution in [2.24, 2.45) is 0 Å². The van der Waals surface area contributed by atoms with Crippen LogP contribution in [0.4, 0.5) is 0 Å². The minimum absolute atomic E-state index is 0.0918. The molecule has 0 amide bonds. The zero-order chi connectivity index (χ0) is 50.7. The van der Waals surface area contributed by atoms with Crippen LogP contribution in [0.5, 0.6) is 0 Å². The summed E-state index contributed by atoms with van der Waals surface area (Å²) in [5.74, 6) is -0.931. The lowest BCUT2D eigenvalue weighted by atomic mass is 10.1. The molecule has 6 heteroatoms. The number of carbonyl (C=O) groups is 3. The fraction of sp³-hybridized carbons (Fsp3) is 0.672. The van der Waals surface area contributed by atoms with Crippen LogP contribution in [0.15, 0.2) is 109 Å². The molecule has 398 valence electrons. The number of allylic oxidation sites excluding steroid dienone is 18. The Kier molecular flexibility index (Phi) is 54.4. The van der Waals surface area contributed by atoms with Crippen LogP contribution in [0.3, 0.4) is 0 Å². The summed E-state index contributed by atoms with van der Waals surface area (Å²) in [6.45, 7) is 6.45. The van der Waals surface area contributed by atoms with E-state index in [1.807, 2.05) is 0 Å². The molecule has 0 heterocycles. The van der Waals surface area contributed by atoms with Gasteiger partial charge < -0.3 is 14.2 Å². The van der Waals surface area contributed by atoms with Crippen molar-refractivity contribution in [3.63, 3.8) is 0 Å². The quantitative estimate of drug-likeness (QED) is 0.0262. The summed E-state index contributed by atoms with van der Waals surface area (Å²) in [4.78, 5) is 38.1. The average molecular weight is 972 g/mol. The zero-order valence-corrected chi connectivity index (χ0v) is 45.5. The Morgan fingerprint density at radius 2 is 0.557 bits per heavy atom. The second kappa shape index (κ2) is 57.6. The van der Waals surface area contributed by atoms with Gasteiger partial charge in [0, 0.05) is 19.3 Å². The predicted octanol–water partition coefficient (Wildman–Crippen LogP) is 19.5. The Balaban J connectivity index is 4.40. The van der Waals surface area contributed by atoms with Crippen LogP contribution in [-0.2, 0) is 28.6 Å². The van der Waals surface area contributed by atoms with Crippen molar-refractivity contribution in [3.05, 3.63) is 109 Å². The van der Waals surface area contributed by atoms with Crippen molar-refractivity contribution in [3.8, 4) is 0 Å². The molecule has 1 unspecified atom stereocenters. The summed E-state index contributed by atoms with van der Waals surface area (Å²) in [5.41, 5.74) is 0. The van der Waals surface area contributed by atoms with Crippen LogP contribution in [0, 0.1) is 0 Å². The first-order chi connectivity index (χ1) is 34.5. The monoisotopic (exact) mass is 971 g/mol. The Bertz CT molecular complexity index is 1440. The van der Waals surface area contributed by atoms with E-state index in [-0.39, 0.29) is 31.1 Å². The van der Waals surface area contributed by atoms with Crippen LogP contribution in [0.1, 0.15) is 258 Å². The molecular weight excluding hydrogens is 865 g/mol. The standard InChI is InChI=1S/C64H106O6/c1-4-7-10-13-16-19-22-24-26-28-30-31-32-33-35-36-38-40-42-45-48-51-54-57-63(66)69-60-61(59-68-62(65)56-53-50-47-44-21-18-15-12-9-6-3)70-64(67)58-55-52-49-46-43-41-39-37-34-29-27-25-23-20-17-14-11-8-5-2/h7,10,16-17,19-20,24-27,30-31,33-35,37-38,40,61H,4-6,8-9,11-15,18,21-23,28-29,32,36,39,41-60H2,1-3H3/b10-7-,19-16-,20-17-,26-24-,27-25-,31-30-,35-33-,37-34-,40-38-. The van der Waals surface area contributed by atoms with Crippen molar-refractivity contribution in [1.29, 1.82) is 0 Å². The van der Waals surface area contributed by atoms with Crippen molar-refractivity contribution in [1.82, 2.24) is 0 Å². The van der Waals surface area contributed by atoms with Crippen LogP contribution in [0.2, 0.25) is 0 Å². The SMILES string of the molecule is CC/C=C\C/C=C\C/C=C\C/C=C\C/C=C\C/C=C\CCCCCCC(=O)OCC(COC(=O)CCCCCCCCCCCC)OC(=O)CCCCCCCC/C=C\C/C=C\C/C=C\CCCCC. The molecule has 0 spiro atoms. The van der Waals surface area contributed by atoms with Gasteiger partial charge in [-0.25, -0.2) is 0 Å². The van der Waals surface area contributed by atoms with Crippen LogP contribution in [-0.4, -0.2) is 37.2 Å². The van der Waals surface area contributed by atoms with Crippen molar-refractivity contribution in [2.45, 2.75) is 264 Å². The van der Waals surface area contributed by atoms with Gasteiger partial charge in [-0.05, 0) is 109 Å². The smallest absolute Gasteiger partial charge is 0.306 e. The van der Waals surface area contributed by atoms with Gasteiger partial charge in [0.25, 0.3) is 0 Å². The van der Waals surface area contributed by atoms with Crippen molar-refractivity contribution in [2.75, 3.05) is 13.2 Å². The average Bonchev–Trinajstić information content (AvgIpc) is 3.36. The van der Waals surface area contributed by atoms with Gasteiger partial charge in [0.05, 0.1) is 0 Å². The van der Waals surface area contributed by atoms with Gasteiger partial charge in [0.1, 0.15) is 13.2 Å². The third-order valence-corrected chi connectivity index (χ3v) is 12.0. The molecule has 0 saturated carbocycles. The summed E-state index contributed by atoms with van der Waals surface area (Å²) in [7, 11) is 0. The highest BCUT2D eigenvalue weighted by Crippen LogP contribution is 2.14. The highest BCUT2D eigenvalue weighted by Gasteiger charge is 2.19. The number of esters is 3. The Morgan fingerprint density at radius 3 is 0.900 bits per heavy atom. The fourth-order valence-corrected chi connectivity index (χ4v) is 7.69. The van der Waals surface area contributed by atoms with Gasteiger partial charge in [0.2, 0.25) is 0 Å². The Hall–Kier alpha value is -3.93. The second-order valence-corrected chi connectivity index (χ2v) is 18.8. The van der Waals surface area contributed by atoms with Crippen LogP contribution in [0.25, 0.3) is 0 Å². The third kappa shape index (κ3) is 55.0. The largest absolute Gasteiger partial charge is 0.462 e. The van der Waals surface area contributed by atoms with Crippen LogP contribution < -0.4 is 0 Å². The van der Waals surface area contributed by atoms with E-state index in [1.54, 1.807) is 0 Å². The summed E-state index contributed by atoms with van der Waals surface area (Å²) < 4.78 is 16.8. The first-order valence-corrected chi connectivity index (χ1v) is 28.9. The highest BCUT2D eigenvalue weighted by atomic mass is 16.6. The van der Waals surface area contributed by atoms with Crippen molar-refractivity contribution >= 4 is 17.9 Å². The molecule has 0 rings (SSSR count). The van der Waals surface area contributed by atoms with Gasteiger partial charge >= 0.3 is 17.9 Å². The molecule has 0 radical (unpaired) electrons. The van der Waals surface area contributed by atoms with E-state index in [9.17, 15) is 14.4 Å². The summed E-state index contributed by atoms with van der Waals surface area (Å²) in [6.07, 6.45) is 77.9. The van der Waals surface area contributed by atoms with Crippen LogP contribution >= 0.6 is 0 Å². The molecule has 0 aromatic carbocycles. The number of hydrogen-bond acceptors (Lipinski definition) is 6. The predicted molar refractivity (Wildman–Crippen MR) is 302 cm³/mol. The van der Waals surface area contributed by atoms with Gasteiger partial charge in [-0.2, -0.15) is 0 Å². The lowest BCUT2D eigenvalue weighted by molar-refractivity contribution is -0.167. The molecule has 0 N–H and O–H groups in total. The minimum atomic E-state index is -0.796. The molecule has 0 aliphatic heterocycles. The molecule has 0 aliphatic carbocycles. The number of rotatable bonds is 51. The Morgan fingerprint density at radius 1 is 0.300 bits per heavy atom. The number of ether oxygens (including phenoxy) is 3. The van der Waals surface area contributed by atoms with Gasteiger partial charge in [-0.15, -0.1) is 0 Å². The number of hydrogen-bond donors (Lipinski definition) is 0. The maximum atomic E-state index is 12.8. The second-order valence-electron chi connectivity index (χ2n) is 18.8. The topological polar surface area (TPSA) is 78.9 Å². The first kappa shape index (κ1) is 66.1. The first-order valence-electron chi connectivity index (χ1n) is 28.9. The summed E-state index contributed by atoms with van der Waals surface area (Å²) >= 11 is 0. The lowest BCUT2D eigenvalue weighted by Gasteiger charge is -2.18. The minimum Gasteiger partial charge on any atom is -0.462 e. The third-order valence-electron chi connectivity index (χ3n) is 12.0. The summed E-state index contributed by atoms with van der Waals surface area (Å²) in [6, 6.07) is 0. The van der Waals surface area contributed by atoms with Crippen molar-refractivity contribution < 1.29 is 28.6 Å². The van der Waals surface area contributed by atoms with E-state index in [1.165, 1.54) is 83.5 Å². The molecular formula is C64H106O6. The number of unbranched alkanes of at least 4 members (excludes halogenated alkanes) is 22. The van der Waals surface area contributed by atoms with E-state index in [0.29, 0.717) is 19.3 Å². The van der Waals surface area contributed by atoms with Gasteiger partial charge in [-0.3, -0.25) is 14.4 Å². The van der Waals surface area contributed by atoms with Gasteiger partial charge in [0.15, 0.2) is 6.10 Å². The maximum absolute atomic E-state index is 12.8. The van der Waals surface area contributed by atoms with E-state index in [2.05, 4.69) is 130 Å². The van der Waals surface area contributed by atoms with E-state index in [4.69, 9.17) is 14.2 Å². The molecule has 6 nitrogen and oxygen atoms in total. The van der Waals surface area contributed by atoms with Gasteiger partial charge in [-0.1, -0.05) is 239 Å². The molecule has 0 aliphatic rings. The molecule has 1 atom stereocenters. The molecule has 0 fully saturated rings. The fourth-order valence-electron chi connectivity index (χ4n) is 7.69. The summed E-state index contributed by atoms with van der Waals surface area (Å²) in [5, 5.41) is 0. The zero-order valence-electron chi connectivity index (χ0n) is 45.5. The maximum Gasteiger partial charge on any atom is 0.306 e. The highest BCUT2D eigenvalue weighted by molar-refractivity contribution is 5.71.